The molecule has 7 heteroatoms. The van der Waals surface area contributed by atoms with Crippen LogP contribution in [0.15, 0.2) is 18.2 Å². The summed E-state index contributed by atoms with van der Waals surface area (Å²) in [5, 5.41) is 13.8. The number of alkyl halides is 2. The van der Waals surface area contributed by atoms with Crippen LogP contribution in [0, 0.1) is 10.1 Å². The molecule has 110 valence electrons. The second kappa shape index (κ2) is 5.70. The van der Waals surface area contributed by atoms with E-state index in [1.165, 1.54) is 12.1 Å². The van der Waals surface area contributed by atoms with Gasteiger partial charge >= 0.3 is 0 Å². The van der Waals surface area contributed by atoms with Gasteiger partial charge < -0.3 is 10.2 Å². The molecule has 1 aromatic carbocycles. The van der Waals surface area contributed by atoms with Crippen molar-refractivity contribution in [1.29, 1.82) is 0 Å². The van der Waals surface area contributed by atoms with E-state index < -0.39 is 10.8 Å². The van der Waals surface area contributed by atoms with E-state index in [1.807, 2.05) is 4.90 Å². The van der Waals surface area contributed by atoms with Crippen LogP contribution in [0.5, 0.6) is 0 Å². The number of hydrogen-bond donors (Lipinski definition) is 1. The van der Waals surface area contributed by atoms with Gasteiger partial charge in [0, 0.05) is 50.3 Å². The van der Waals surface area contributed by atoms with Crippen molar-refractivity contribution < 1.29 is 13.7 Å². The van der Waals surface area contributed by atoms with Crippen molar-refractivity contribution >= 4 is 11.4 Å². The first kappa shape index (κ1) is 14.6. The third-order valence-corrected chi connectivity index (χ3v) is 3.48. The van der Waals surface area contributed by atoms with Crippen molar-refractivity contribution in [2.24, 2.45) is 0 Å². The number of rotatable bonds is 4. The normalized spacial score (nSPS) is 18.1. The van der Waals surface area contributed by atoms with Gasteiger partial charge in [0.25, 0.3) is 11.6 Å². The zero-order valence-electron chi connectivity index (χ0n) is 11.2. The van der Waals surface area contributed by atoms with E-state index in [4.69, 9.17) is 0 Å². The second-order valence-electron chi connectivity index (χ2n) is 4.94. The highest BCUT2D eigenvalue weighted by Gasteiger charge is 2.34. The summed E-state index contributed by atoms with van der Waals surface area (Å²) in [6, 6.07) is 4.56. The van der Waals surface area contributed by atoms with E-state index in [-0.39, 0.29) is 31.6 Å². The maximum absolute atomic E-state index is 13.2. The number of benzene rings is 1. The average Bonchev–Trinajstić information content (AvgIpc) is 2.39. The van der Waals surface area contributed by atoms with E-state index in [0.29, 0.717) is 6.54 Å². The van der Waals surface area contributed by atoms with E-state index in [9.17, 15) is 18.9 Å². The van der Waals surface area contributed by atoms with Crippen LogP contribution < -0.4 is 10.2 Å². The standard InChI is InChI=1S/C13H17F2N3O2/c1-16-9-10-8-11(18(19)20)2-3-12(10)17-6-4-13(14,15)5-7-17/h2-3,8,16H,4-7,9H2,1H3. The summed E-state index contributed by atoms with van der Waals surface area (Å²) in [6.07, 6.45) is -0.355. The molecule has 0 radical (unpaired) electrons. The minimum atomic E-state index is -2.60. The molecule has 1 N–H and O–H groups in total. The monoisotopic (exact) mass is 285 g/mol. The molecule has 0 unspecified atom stereocenters. The lowest BCUT2D eigenvalue weighted by molar-refractivity contribution is -0.384. The first-order valence-corrected chi connectivity index (χ1v) is 6.48. The van der Waals surface area contributed by atoms with E-state index in [1.54, 1.807) is 13.1 Å². The summed E-state index contributed by atoms with van der Waals surface area (Å²) in [7, 11) is 1.74. The Labute approximate surface area is 115 Å². The average molecular weight is 285 g/mol. The van der Waals surface area contributed by atoms with Crippen LogP contribution in [0.25, 0.3) is 0 Å². The Bertz CT molecular complexity index is 498. The number of non-ortho nitro benzene ring substituents is 1. The molecule has 1 heterocycles. The number of anilines is 1. The summed E-state index contributed by atoms with van der Waals surface area (Å²) in [5.41, 5.74) is 1.56. The lowest BCUT2D eigenvalue weighted by atomic mass is 10.0. The maximum Gasteiger partial charge on any atom is 0.269 e. The molecule has 20 heavy (non-hydrogen) atoms. The fraction of sp³-hybridized carbons (Fsp3) is 0.538. The Morgan fingerprint density at radius 1 is 1.40 bits per heavy atom. The molecule has 1 aliphatic heterocycles. The number of hydrogen-bond acceptors (Lipinski definition) is 4. The summed E-state index contributed by atoms with van der Waals surface area (Å²) in [6.45, 7) is 0.993. The summed E-state index contributed by atoms with van der Waals surface area (Å²) < 4.78 is 26.4. The van der Waals surface area contributed by atoms with Gasteiger partial charge in [-0.15, -0.1) is 0 Å². The largest absolute Gasteiger partial charge is 0.371 e. The SMILES string of the molecule is CNCc1cc([N+](=O)[O-])ccc1N1CCC(F)(F)CC1. The van der Waals surface area contributed by atoms with Crippen LogP contribution in [-0.2, 0) is 6.54 Å². The number of piperidine rings is 1. The zero-order valence-corrected chi connectivity index (χ0v) is 11.2. The van der Waals surface area contributed by atoms with Gasteiger partial charge in [-0.2, -0.15) is 0 Å². The molecule has 0 saturated carbocycles. The topological polar surface area (TPSA) is 58.4 Å². The van der Waals surface area contributed by atoms with Gasteiger partial charge in [0.15, 0.2) is 0 Å². The van der Waals surface area contributed by atoms with Crippen LogP contribution in [-0.4, -0.2) is 31.0 Å². The van der Waals surface area contributed by atoms with Gasteiger partial charge in [-0.25, -0.2) is 8.78 Å². The van der Waals surface area contributed by atoms with Crippen LogP contribution in [0.1, 0.15) is 18.4 Å². The highest BCUT2D eigenvalue weighted by atomic mass is 19.3. The van der Waals surface area contributed by atoms with Crippen LogP contribution >= 0.6 is 0 Å². The Morgan fingerprint density at radius 2 is 2.05 bits per heavy atom. The minimum absolute atomic E-state index is 0.0151. The molecule has 1 aromatic rings. The molecule has 1 aliphatic rings. The van der Waals surface area contributed by atoms with Gasteiger partial charge in [0.05, 0.1) is 4.92 Å². The van der Waals surface area contributed by atoms with Crippen molar-refractivity contribution in [3.63, 3.8) is 0 Å². The fourth-order valence-corrected chi connectivity index (χ4v) is 2.40. The van der Waals surface area contributed by atoms with E-state index in [2.05, 4.69) is 5.32 Å². The van der Waals surface area contributed by atoms with Crippen LogP contribution in [0.2, 0.25) is 0 Å². The predicted octanol–water partition coefficient (Wildman–Crippen LogP) is 2.55. The van der Waals surface area contributed by atoms with Crippen molar-refractivity contribution in [2.75, 3.05) is 25.0 Å². The molecule has 0 atom stereocenters. The summed E-state index contributed by atoms with van der Waals surface area (Å²) in [5.74, 6) is -2.60. The van der Waals surface area contributed by atoms with Crippen molar-refractivity contribution in [3.8, 4) is 0 Å². The van der Waals surface area contributed by atoms with Gasteiger partial charge in [0.2, 0.25) is 0 Å². The summed E-state index contributed by atoms with van der Waals surface area (Å²) >= 11 is 0. The van der Waals surface area contributed by atoms with Crippen molar-refractivity contribution in [2.45, 2.75) is 25.3 Å². The van der Waals surface area contributed by atoms with Crippen molar-refractivity contribution in [3.05, 3.63) is 33.9 Å². The Kier molecular flexibility index (Phi) is 4.17. The molecule has 0 aliphatic carbocycles. The minimum Gasteiger partial charge on any atom is -0.371 e. The quantitative estimate of drug-likeness (QED) is 0.682. The Morgan fingerprint density at radius 3 is 2.60 bits per heavy atom. The third kappa shape index (κ3) is 3.22. The van der Waals surface area contributed by atoms with E-state index >= 15 is 0 Å². The predicted molar refractivity (Wildman–Crippen MR) is 72.3 cm³/mol. The lowest BCUT2D eigenvalue weighted by Crippen LogP contribution is -2.39. The van der Waals surface area contributed by atoms with E-state index in [0.717, 1.165) is 11.3 Å². The number of nitrogens with zero attached hydrogens (tertiary/aromatic N) is 2. The number of nitro groups is 1. The molecular formula is C13H17F2N3O2. The van der Waals surface area contributed by atoms with Gasteiger partial charge in [-0.1, -0.05) is 0 Å². The summed E-state index contributed by atoms with van der Waals surface area (Å²) in [4.78, 5) is 12.2. The van der Waals surface area contributed by atoms with Gasteiger partial charge in [-0.3, -0.25) is 10.1 Å². The highest BCUT2D eigenvalue weighted by Crippen LogP contribution is 2.33. The fourth-order valence-electron chi connectivity index (χ4n) is 2.40. The van der Waals surface area contributed by atoms with Gasteiger partial charge in [-0.05, 0) is 18.7 Å². The molecule has 0 spiro atoms. The highest BCUT2D eigenvalue weighted by molar-refractivity contribution is 5.58. The maximum atomic E-state index is 13.2. The number of halogens is 2. The zero-order chi connectivity index (χ0) is 14.8. The first-order chi connectivity index (χ1) is 9.43. The molecule has 0 amide bonds. The van der Waals surface area contributed by atoms with Crippen molar-refractivity contribution in [1.82, 2.24) is 5.32 Å². The molecule has 0 aromatic heterocycles. The van der Waals surface area contributed by atoms with Crippen LogP contribution in [0.4, 0.5) is 20.2 Å². The molecule has 0 bridgehead atoms. The molecule has 5 nitrogen and oxygen atoms in total. The second-order valence-corrected chi connectivity index (χ2v) is 4.94. The smallest absolute Gasteiger partial charge is 0.269 e. The molecule has 1 saturated heterocycles. The first-order valence-electron chi connectivity index (χ1n) is 6.48. The van der Waals surface area contributed by atoms with Gasteiger partial charge in [0.1, 0.15) is 0 Å². The van der Waals surface area contributed by atoms with Crippen LogP contribution in [0.3, 0.4) is 0 Å². The molecule has 1 fully saturated rings. The Hall–Kier alpha value is -1.76. The lowest BCUT2D eigenvalue weighted by Gasteiger charge is -2.34. The Balaban J connectivity index is 2.24. The third-order valence-electron chi connectivity index (χ3n) is 3.48. The number of nitrogens with one attached hydrogen (secondary N) is 1. The number of nitro benzene ring substituents is 1. The molecular weight excluding hydrogens is 268 g/mol. The molecule has 2 rings (SSSR count).